The van der Waals surface area contributed by atoms with Gasteiger partial charge in [0.2, 0.25) is 0 Å². The Morgan fingerprint density at radius 3 is 2.48 bits per heavy atom. The highest BCUT2D eigenvalue weighted by molar-refractivity contribution is 5.96. The number of para-hydroxylation sites is 1. The van der Waals surface area contributed by atoms with Crippen molar-refractivity contribution < 1.29 is 9.21 Å². The van der Waals surface area contributed by atoms with Gasteiger partial charge in [0.25, 0.3) is 5.91 Å². The van der Waals surface area contributed by atoms with Crippen molar-refractivity contribution in [3.8, 4) is 0 Å². The van der Waals surface area contributed by atoms with E-state index in [9.17, 15) is 4.79 Å². The Hall–Kier alpha value is -2.59. The van der Waals surface area contributed by atoms with Crippen LogP contribution in [0.2, 0.25) is 0 Å². The Bertz CT molecular complexity index is 788. The van der Waals surface area contributed by atoms with Gasteiger partial charge < -0.3 is 14.6 Å². The van der Waals surface area contributed by atoms with Crippen LogP contribution in [0.25, 0.3) is 11.0 Å². The normalized spacial score (nSPS) is 11.1. The molecule has 23 heavy (non-hydrogen) atoms. The summed E-state index contributed by atoms with van der Waals surface area (Å²) < 4.78 is 5.59. The van der Waals surface area contributed by atoms with Gasteiger partial charge in [-0.1, -0.05) is 42.5 Å². The van der Waals surface area contributed by atoms with E-state index >= 15 is 0 Å². The number of benzene rings is 2. The molecule has 0 aliphatic carbocycles. The highest BCUT2D eigenvalue weighted by atomic mass is 16.3. The van der Waals surface area contributed by atoms with Gasteiger partial charge in [-0.05, 0) is 37.4 Å². The van der Waals surface area contributed by atoms with Gasteiger partial charge in [-0.3, -0.25) is 4.79 Å². The van der Waals surface area contributed by atoms with Crippen molar-refractivity contribution in [3.63, 3.8) is 0 Å². The summed E-state index contributed by atoms with van der Waals surface area (Å²) in [5.74, 6) is 0.150. The van der Waals surface area contributed by atoms with E-state index in [1.165, 1.54) is 5.56 Å². The number of nitrogens with one attached hydrogen (secondary N) is 1. The molecule has 0 aliphatic heterocycles. The summed E-state index contributed by atoms with van der Waals surface area (Å²) in [6.07, 6.45) is 0. The first-order chi connectivity index (χ1) is 11.1. The van der Waals surface area contributed by atoms with Crippen molar-refractivity contribution in [2.75, 3.05) is 14.1 Å². The Morgan fingerprint density at radius 1 is 1.04 bits per heavy atom. The van der Waals surface area contributed by atoms with Crippen LogP contribution < -0.4 is 5.32 Å². The predicted molar refractivity (Wildman–Crippen MR) is 91.2 cm³/mol. The van der Waals surface area contributed by atoms with E-state index in [2.05, 4.69) is 16.3 Å². The number of hydrogen-bond acceptors (Lipinski definition) is 3. The minimum atomic E-state index is -0.194. The van der Waals surface area contributed by atoms with Gasteiger partial charge >= 0.3 is 0 Å². The second-order valence-corrected chi connectivity index (χ2v) is 5.84. The number of amides is 1. The van der Waals surface area contributed by atoms with E-state index in [0.717, 1.165) is 23.1 Å². The SMILES string of the molecule is CN(C)Cc1ccccc1CNC(=O)c1cc2ccccc2o1. The van der Waals surface area contributed by atoms with Crippen molar-refractivity contribution in [3.05, 3.63) is 71.5 Å². The Morgan fingerprint density at radius 2 is 1.74 bits per heavy atom. The number of fused-ring (bicyclic) bond motifs is 1. The van der Waals surface area contributed by atoms with Crippen molar-refractivity contribution in [2.45, 2.75) is 13.1 Å². The fraction of sp³-hybridized carbons (Fsp3) is 0.211. The fourth-order valence-electron chi connectivity index (χ4n) is 2.58. The standard InChI is InChI=1S/C19H20N2O2/c1-21(2)13-16-9-4-3-8-15(16)12-20-19(22)18-11-14-7-5-6-10-17(14)23-18/h3-11H,12-13H2,1-2H3,(H,20,22). The van der Waals surface area contributed by atoms with Crippen LogP contribution >= 0.6 is 0 Å². The smallest absolute Gasteiger partial charge is 0.287 e. The number of nitrogens with zero attached hydrogens (tertiary/aromatic N) is 1. The van der Waals surface area contributed by atoms with Crippen LogP contribution in [0.5, 0.6) is 0 Å². The van der Waals surface area contributed by atoms with E-state index in [-0.39, 0.29) is 5.91 Å². The highest BCUT2D eigenvalue weighted by Crippen LogP contribution is 2.19. The van der Waals surface area contributed by atoms with Gasteiger partial charge in [-0.25, -0.2) is 0 Å². The molecule has 3 rings (SSSR count). The molecular formula is C19H20N2O2. The third-order valence-corrected chi connectivity index (χ3v) is 3.69. The average molecular weight is 308 g/mol. The summed E-state index contributed by atoms with van der Waals surface area (Å²) in [4.78, 5) is 14.4. The summed E-state index contributed by atoms with van der Waals surface area (Å²) in [5, 5.41) is 3.87. The zero-order valence-electron chi connectivity index (χ0n) is 13.4. The van der Waals surface area contributed by atoms with Gasteiger partial charge in [0.15, 0.2) is 5.76 Å². The maximum atomic E-state index is 12.3. The number of rotatable bonds is 5. The van der Waals surface area contributed by atoms with Crippen molar-refractivity contribution in [1.82, 2.24) is 10.2 Å². The molecule has 0 saturated carbocycles. The second kappa shape index (κ2) is 6.67. The molecule has 0 aliphatic rings. The van der Waals surface area contributed by atoms with E-state index in [0.29, 0.717) is 12.3 Å². The monoisotopic (exact) mass is 308 g/mol. The van der Waals surface area contributed by atoms with Crippen molar-refractivity contribution in [1.29, 1.82) is 0 Å². The average Bonchev–Trinajstić information content (AvgIpc) is 2.97. The molecule has 1 amide bonds. The summed E-state index contributed by atoms with van der Waals surface area (Å²) in [5.41, 5.74) is 3.05. The molecule has 0 spiro atoms. The quantitative estimate of drug-likeness (QED) is 0.785. The topological polar surface area (TPSA) is 45.5 Å². The van der Waals surface area contributed by atoms with Gasteiger partial charge in [0.05, 0.1) is 0 Å². The lowest BCUT2D eigenvalue weighted by atomic mass is 10.1. The molecule has 1 heterocycles. The molecule has 4 nitrogen and oxygen atoms in total. The Kier molecular flexibility index (Phi) is 4.44. The maximum absolute atomic E-state index is 12.3. The first kappa shape index (κ1) is 15.3. The number of hydrogen-bond donors (Lipinski definition) is 1. The summed E-state index contributed by atoms with van der Waals surface area (Å²) in [7, 11) is 4.06. The molecule has 0 saturated heterocycles. The fourth-order valence-corrected chi connectivity index (χ4v) is 2.58. The summed E-state index contributed by atoms with van der Waals surface area (Å²) in [6.45, 7) is 1.33. The van der Waals surface area contributed by atoms with Crippen LogP contribution in [0.1, 0.15) is 21.7 Å². The molecule has 1 aromatic heterocycles. The van der Waals surface area contributed by atoms with Crippen LogP contribution in [0.15, 0.2) is 59.0 Å². The van der Waals surface area contributed by atoms with E-state index in [1.807, 2.05) is 56.6 Å². The molecular weight excluding hydrogens is 288 g/mol. The number of furan rings is 1. The van der Waals surface area contributed by atoms with E-state index in [4.69, 9.17) is 4.42 Å². The molecule has 4 heteroatoms. The molecule has 118 valence electrons. The first-order valence-corrected chi connectivity index (χ1v) is 7.62. The molecule has 0 fully saturated rings. The highest BCUT2D eigenvalue weighted by Gasteiger charge is 2.12. The van der Waals surface area contributed by atoms with Crippen LogP contribution in [0, 0.1) is 0 Å². The largest absolute Gasteiger partial charge is 0.451 e. The van der Waals surface area contributed by atoms with Crippen molar-refractivity contribution in [2.24, 2.45) is 0 Å². The van der Waals surface area contributed by atoms with Gasteiger partial charge in [0.1, 0.15) is 5.58 Å². The minimum Gasteiger partial charge on any atom is -0.451 e. The molecule has 0 bridgehead atoms. The van der Waals surface area contributed by atoms with Gasteiger partial charge in [-0.2, -0.15) is 0 Å². The zero-order chi connectivity index (χ0) is 16.2. The molecule has 3 aromatic rings. The minimum absolute atomic E-state index is 0.194. The van der Waals surface area contributed by atoms with Crippen LogP contribution in [-0.4, -0.2) is 24.9 Å². The van der Waals surface area contributed by atoms with Crippen LogP contribution in [-0.2, 0) is 13.1 Å². The lowest BCUT2D eigenvalue weighted by Gasteiger charge is -2.14. The maximum Gasteiger partial charge on any atom is 0.287 e. The zero-order valence-corrected chi connectivity index (χ0v) is 13.4. The van der Waals surface area contributed by atoms with Crippen LogP contribution in [0.4, 0.5) is 0 Å². The van der Waals surface area contributed by atoms with Crippen molar-refractivity contribution >= 4 is 16.9 Å². The number of carbonyl (C=O) groups is 1. The molecule has 2 aromatic carbocycles. The summed E-state index contributed by atoms with van der Waals surface area (Å²) in [6, 6.07) is 17.5. The third kappa shape index (κ3) is 3.60. The molecule has 0 atom stereocenters. The summed E-state index contributed by atoms with van der Waals surface area (Å²) >= 11 is 0. The van der Waals surface area contributed by atoms with Crippen LogP contribution in [0.3, 0.4) is 0 Å². The number of carbonyl (C=O) groups excluding carboxylic acids is 1. The Labute approximate surface area is 135 Å². The lowest BCUT2D eigenvalue weighted by molar-refractivity contribution is 0.0925. The molecule has 0 unspecified atom stereocenters. The second-order valence-electron chi connectivity index (χ2n) is 5.84. The third-order valence-electron chi connectivity index (χ3n) is 3.69. The van der Waals surface area contributed by atoms with E-state index in [1.54, 1.807) is 6.07 Å². The predicted octanol–water partition coefficient (Wildman–Crippen LogP) is 3.42. The van der Waals surface area contributed by atoms with Gasteiger partial charge in [-0.15, -0.1) is 0 Å². The van der Waals surface area contributed by atoms with E-state index < -0.39 is 0 Å². The first-order valence-electron chi connectivity index (χ1n) is 7.62. The van der Waals surface area contributed by atoms with Gasteiger partial charge in [0, 0.05) is 18.5 Å². The Balaban J connectivity index is 1.71. The molecule has 1 N–H and O–H groups in total. The lowest BCUT2D eigenvalue weighted by Crippen LogP contribution is -2.23. The molecule has 0 radical (unpaired) electrons.